The Hall–Kier alpha value is -5.20. The molecular formula is C44H36. The smallest absolute Gasteiger partial charge is 0.00264 e. The van der Waals surface area contributed by atoms with E-state index in [-0.39, 0.29) is 0 Å². The van der Waals surface area contributed by atoms with E-state index >= 15 is 0 Å². The van der Waals surface area contributed by atoms with Gasteiger partial charge in [-0.1, -0.05) is 172 Å². The molecule has 0 aliphatic rings. The molecule has 0 aromatic heterocycles. The van der Waals surface area contributed by atoms with Crippen LogP contribution in [0.15, 0.2) is 158 Å². The van der Waals surface area contributed by atoms with Crippen molar-refractivity contribution in [1.82, 2.24) is 0 Å². The van der Waals surface area contributed by atoms with Crippen molar-refractivity contribution in [3.8, 4) is 0 Å². The predicted octanol–water partition coefficient (Wildman–Crippen LogP) is 12.5. The standard InChI is InChI=1S/C20H12.2C12H12/c1-5-13-6-2-11-17-18-12-4-8-14-7-3-10-16(20(14)18)15(9-1)19(13)17;2*1-2-10-7-8-11-5-3-4-6-12(11)9-10/h1-12H;2*3-9H,2H2,1H3. The summed E-state index contributed by atoms with van der Waals surface area (Å²) in [6.07, 6.45) is 2.23. The molecule has 0 unspecified atom stereocenters. The van der Waals surface area contributed by atoms with Crippen LogP contribution < -0.4 is 0 Å². The zero-order valence-corrected chi connectivity index (χ0v) is 25.4. The molecule has 0 saturated carbocycles. The Balaban J connectivity index is 0.000000113. The molecule has 9 aromatic rings. The lowest BCUT2D eigenvalue weighted by Gasteiger charge is -2.13. The van der Waals surface area contributed by atoms with Crippen LogP contribution in [0.1, 0.15) is 25.0 Å². The van der Waals surface area contributed by atoms with Crippen molar-refractivity contribution in [3.05, 3.63) is 169 Å². The first-order valence-electron chi connectivity index (χ1n) is 15.7. The molecule has 44 heavy (non-hydrogen) atoms. The fraction of sp³-hybridized carbons (Fsp3) is 0.0909. The van der Waals surface area contributed by atoms with Crippen LogP contribution in [0.2, 0.25) is 0 Å². The fourth-order valence-electron chi connectivity index (χ4n) is 6.50. The van der Waals surface area contributed by atoms with Crippen molar-refractivity contribution in [1.29, 1.82) is 0 Å². The van der Waals surface area contributed by atoms with E-state index in [0.717, 1.165) is 12.8 Å². The SMILES string of the molecule is CCc1ccc2ccccc2c1.CCc1ccc2ccccc2c1.c1cc2cccc3c4cccc5cccc(c(c1)c23)c54. The van der Waals surface area contributed by atoms with Gasteiger partial charge in [0.25, 0.3) is 0 Å². The molecule has 0 heteroatoms. The molecule has 0 nitrogen and oxygen atoms in total. The van der Waals surface area contributed by atoms with Gasteiger partial charge in [0, 0.05) is 0 Å². The summed E-state index contributed by atoms with van der Waals surface area (Å²) < 4.78 is 0. The second-order valence-electron chi connectivity index (χ2n) is 11.5. The number of rotatable bonds is 2. The highest BCUT2D eigenvalue weighted by molar-refractivity contribution is 6.32. The van der Waals surface area contributed by atoms with Crippen LogP contribution in [0.5, 0.6) is 0 Å². The molecule has 0 atom stereocenters. The number of hydrogen-bond acceptors (Lipinski definition) is 0. The lowest BCUT2D eigenvalue weighted by molar-refractivity contribution is 1.15. The van der Waals surface area contributed by atoms with Crippen molar-refractivity contribution < 1.29 is 0 Å². The van der Waals surface area contributed by atoms with Gasteiger partial charge in [-0.2, -0.15) is 0 Å². The molecular weight excluding hydrogens is 528 g/mol. The van der Waals surface area contributed by atoms with Gasteiger partial charge >= 0.3 is 0 Å². The second-order valence-corrected chi connectivity index (χ2v) is 11.5. The Morgan fingerprint density at radius 2 is 0.614 bits per heavy atom. The van der Waals surface area contributed by atoms with Gasteiger partial charge in [-0.25, -0.2) is 0 Å². The third-order valence-electron chi connectivity index (χ3n) is 8.83. The third-order valence-corrected chi connectivity index (χ3v) is 8.83. The van der Waals surface area contributed by atoms with E-state index < -0.39 is 0 Å². The Bertz CT molecular complexity index is 2110. The van der Waals surface area contributed by atoms with E-state index in [2.05, 4.69) is 172 Å². The maximum absolute atomic E-state index is 2.26. The highest BCUT2D eigenvalue weighted by Gasteiger charge is 2.11. The zero-order chi connectivity index (χ0) is 29.9. The third kappa shape index (κ3) is 5.25. The van der Waals surface area contributed by atoms with Gasteiger partial charge in [-0.3, -0.25) is 0 Å². The van der Waals surface area contributed by atoms with Crippen molar-refractivity contribution in [2.75, 3.05) is 0 Å². The first kappa shape index (κ1) is 27.6. The van der Waals surface area contributed by atoms with Gasteiger partial charge in [-0.05, 0) is 88.6 Å². The van der Waals surface area contributed by atoms with Crippen LogP contribution in [-0.4, -0.2) is 0 Å². The minimum Gasteiger partial charge on any atom is -0.0616 e. The minimum atomic E-state index is 1.12. The Morgan fingerprint density at radius 3 is 0.955 bits per heavy atom. The van der Waals surface area contributed by atoms with E-state index in [4.69, 9.17) is 0 Å². The first-order valence-corrected chi connectivity index (χ1v) is 15.7. The summed E-state index contributed by atoms with van der Waals surface area (Å²) in [6.45, 7) is 4.37. The monoisotopic (exact) mass is 564 g/mol. The average molecular weight is 565 g/mol. The quantitative estimate of drug-likeness (QED) is 0.145. The van der Waals surface area contributed by atoms with Gasteiger partial charge in [0.2, 0.25) is 0 Å². The van der Waals surface area contributed by atoms with Gasteiger partial charge < -0.3 is 0 Å². The molecule has 0 radical (unpaired) electrons. The number of hydrogen-bond donors (Lipinski definition) is 0. The summed E-state index contributed by atoms with van der Waals surface area (Å²) >= 11 is 0. The van der Waals surface area contributed by atoms with E-state index in [1.54, 1.807) is 0 Å². The van der Waals surface area contributed by atoms with Gasteiger partial charge in [-0.15, -0.1) is 0 Å². The van der Waals surface area contributed by atoms with Crippen LogP contribution in [-0.2, 0) is 12.8 Å². The second kappa shape index (κ2) is 12.2. The molecule has 0 aliphatic heterocycles. The van der Waals surface area contributed by atoms with E-state index in [1.807, 2.05) is 0 Å². The van der Waals surface area contributed by atoms with Crippen molar-refractivity contribution in [3.63, 3.8) is 0 Å². The molecule has 9 rings (SSSR count). The average Bonchev–Trinajstić information content (AvgIpc) is 3.10. The maximum atomic E-state index is 2.26. The maximum Gasteiger partial charge on any atom is -0.00264 e. The molecule has 0 saturated heterocycles. The summed E-state index contributed by atoms with van der Waals surface area (Å²) in [7, 11) is 0. The highest BCUT2D eigenvalue weighted by Crippen LogP contribution is 2.39. The van der Waals surface area contributed by atoms with Crippen LogP contribution in [0, 0.1) is 0 Å². The molecule has 0 spiro atoms. The largest absolute Gasteiger partial charge is 0.0616 e. The minimum absolute atomic E-state index is 1.12. The first-order chi connectivity index (χ1) is 21.7. The molecule has 0 heterocycles. The normalized spacial score (nSPS) is 11.1. The summed E-state index contributed by atoms with van der Waals surface area (Å²) in [4.78, 5) is 0. The molecule has 0 fully saturated rings. The molecule has 212 valence electrons. The number of aryl methyl sites for hydroxylation is 2. The predicted molar refractivity (Wildman–Crippen MR) is 194 cm³/mol. The summed E-state index contributed by atoms with van der Waals surface area (Å²) in [5.74, 6) is 0. The zero-order valence-electron chi connectivity index (χ0n) is 25.4. The van der Waals surface area contributed by atoms with Crippen LogP contribution in [0.4, 0.5) is 0 Å². The Labute approximate surface area is 259 Å². The number of fused-ring (bicyclic) bond motifs is 4. The van der Waals surface area contributed by atoms with Gasteiger partial charge in [0.05, 0.1) is 0 Å². The van der Waals surface area contributed by atoms with E-state index in [1.165, 1.54) is 75.8 Å². The topological polar surface area (TPSA) is 0 Å². The fourth-order valence-corrected chi connectivity index (χ4v) is 6.50. The lowest BCUT2D eigenvalue weighted by Crippen LogP contribution is -1.85. The Kier molecular flexibility index (Phi) is 7.65. The highest BCUT2D eigenvalue weighted by atomic mass is 14.1. The molecule has 0 aliphatic carbocycles. The molecule has 0 N–H and O–H groups in total. The van der Waals surface area contributed by atoms with Crippen molar-refractivity contribution in [2.24, 2.45) is 0 Å². The lowest BCUT2D eigenvalue weighted by atomic mass is 9.90. The summed E-state index contributed by atoms with van der Waals surface area (Å²) in [5, 5.41) is 16.2. The Morgan fingerprint density at radius 1 is 0.295 bits per heavy atom. The van der Waals surface area contributed by atoms with E-state index in [0.29, 0.717) is 0 Å². The molecule has 0 amide bonds. The molecule has 9 aromatic carbocycles. The van der Waals surface area contributed by atoms with Crippen LogP contribution >= 0.6 is 0 Å². The summed E-state index contributed by atoms with van der Waals surface area (Å²) in [5.41, 5.74) is 2.82. The van der Waals surface area contributed by atoms with Crippen molar-refractivity contribution in [2.45, 2.75) is 26.7 Å². The number of benzene rings is 9. The van der Waals surface area contributed by atoms with Crippen LogP contribution in [0.3, 0.4) is 0 Å². The van der Waals surface area contributed by atoms with Crippen LogP contribution in [0.25, 0.3) is 64.6 Å². The van der Waals surface area contributed by atoms with Gasteiger partial charge in [0.1, 0.15) is 0 Å². The summed E-state index contributed by atoms with van der Waals surface area (Å²) in [6, 6.07) is 56.7. The van der Waals surface area contributed by atoms with Gasteiger partial charge in [0.15, 0.2) is 0 Å². The van der Waals surface area contributed by atoms with Crippen molar-refractivity contribution >= 4 is 64.6 Å². The molecule has 0 bridgehead atoms. The van der Waals surface area contributed by atoms with E-state index in [9.17, 15) is 0 Å².